The van der Waals surface area contributed by atoms with Crippen molar-refractivity contribution in [2.75, 3.05) is 7.11 Å². The zero-order chi connectivity index (χ0) is 9.42. The van der Waals surface area contributed by atoms with Crippen molar-refractivity contribution in [3.63, 3.8) is 0 Å². The second kappa shape index (κ2) is 3.31. The van der Waals surface area contributed by atoms with Crippen LogP contribution in [0.3, 0.4) is 0 Å². The number of hydrogen-bond acceptors (Lipinski definition) is 3. The smallest absolute Gasteiger partial charge is 0.237 e. The summed E-state index contributed by atoms with van der Waals surface area (Å²) in [4.78, 5) is 7.95. The summed E-state index contributed by atoms with van der Waals surface area (Å²) in [6.45, 7) is 0. The molecule has 3 nitrogen and oxygen atoms in total. The minimum atomic E-state index is 0.197. The van der Waals surface area contributed by atoms with Crippen LogP contribution in [0.5, 0.6) is 5.88 Å². The molecule has 0 unspecified atom stereocenters. The quantitative estimate of drug-likeness (QED) is 0.717. The Morgan fingerprint density at radius 1 is 1.31 bits per heavy atom. The molecule has 0 saturated heterocycles. The van der Waals surface area contributed by atoms with Crippen LogP contribution in [0, 0.1) is 0 Å². The van der Waals surface area contributed by atoms with Crippen molar-refractivity contribution >= 4 is 23.2 Å². The molecule has 0 N–H and O–H groups in total. The molecule has 0 bridgehead atoms. The highest BCUT2D eigenvalue weighted by atomic mass is 35.5. The fourth-order valence-corrected chi connectivity index (χ4v) is 1.66. The van der Waals surface area contributed by atoms with E-state index in [0.717, 1.165) is 18.5 Å². The second-order valence-corrected chi connectivity index (χ2v) is 3.69. The first-order chi connectivity index (χ1) is 6.22. The van der Waals surface area contributed by atoms with Gasteiger partial charge in [-0.15, -0.1) is 0 Å². The van der Waals surface area contributed by atoms with E-state index in [1.54, 1.807) is 0 Å². The summed E-state index contributed by atoms with van der Waals surface area (Å²) in [7, 11) is 1.52. The van der Waals surface area contributed by atoms with Gasteiger partial charge < -0.3 is 4.74 Å². The number of halogens is 2. The van der Waals surface area contributed by atoms with Crippen molar-refractivity contribution in [1.82, 2.24) is 9.97 Å². The summed E-state index contributed by atoms with van der Waals surface area (Å²) in [5.74, 6) is 0.811. The zero-order valence-corrected chi connectivity index (χ0v) is 8.56. The SMILES string of the molecule is COc1nc(Cl)nc(C2CC2)c1Cl. The molecule has 1 fully saturated rings. The van der Waals surface area contributed by atoms with Crippen LogP contribution >= 0.6 is 23.2 Å². The summed E-state index contributed by atoms with van der Waals surface area (Å²) < 4.78 is 4.98. The lowest BCUT2D eigenvalue weighted by Gasteiger charge is -2.05. The van der Waals surface area contributed by atoms with E-state index in [2.05, 4.69) is 9.97 Å². The third-order valence-electron chi connectivity index (χ3n) is 1.98. The minimum Gasteiger partial charge on any atom is -0.480 e. The Labute approximate surface area is 86.0 Å². The van der Waals surface area contributed by atoms with Crippen molar-refractivity contribution in [3.05, 3.63) is 16.0 Å². The summed E-state index contributed by atoms with van der Waals surface area (Å²) in [6.07, 6.45) is 2.24. The highest BCUT2D eigenvalue weighted by Crippen LogP contribution is 2.44. The average Bonchev–Trinajstić information content (AvgIpc) is 2.91. The molecule has 1 aliphatic rings. The highest BCUT2D eigenvalue weighted by Gasteiger charge is 2.29. The van der Waals surface area contributed by atoms with Gasteiger partial charge in [0.25, 0.3) is 0 Å². The van der Waals surface area contributed by atoms with Gasteiger partial charge in [-0.2, -0.15) is 4.98 Å². The first kappa shape index (κ1) is 9.03. The molecule has 1 aromatic heterocycles. The molecule has 2 rings (SSSR count). The van der Waals surface area contributed by atoms with E-state index in [0.29, 0.717) is 16.8 Å². The van der Waals surface area contributed by atoms with E-state index in [1.165, 1.54) is 7.11 Å². The van der Waals surface area contributed by atoms with E-state index < -0.39 is 0 Å². The molecule has 1 aliphatic carbocycles. The molecular weight excluding hydrogens is 211 g/mol. The van der Waals surface area contributed by atoms with Crippen molar-refractivity contribution < 1.29 is 4.74 Å². The number of hydrogen-bond donors (Lipinski definition) is 0. The molecule has 1 saturated carbocycles. The lowest BCUT2D eigenvalue weighted by atomic mass is 10.3. The second-order valence-electron chi connectivity index (χ2n) is 2.98. The molecule has 0 aromatic carbocycles. The van der Waals surface area contributed by atoms with E-state index in [4.69, 9.17) is 27.9 Å². The van der Waals surface area contributed by atoms with Gasteiger partial charge in [0, 0.05) is 5.92 Å². The minimum absolute atomic E-state index is 0.197. The number of nitrogens with zero attached hydrogens (tertiary/aromatic N) is 2. The molecule has 0 aliphatic heterocycles. The van der Waals surface area contributed by atoms with Crippen LogP contribution in [0.25, 0.3) is 0 Å². The van der Waals surface area contributed by atoms with Gasteiger partial charge in [0.2, 0.25) is 11.2 Å². The van der Waals surface area contributed by atoms with Crippen LogP contribution in [-0.2, 0) is 0 Å². The monoisotopic (exact) mass is 218 g/mol. The van der Waals surface area contributed by atoms with Crippen LogP contribution in [-0.4, -0.2) is 17.1 Å². The molecule has 0 spiro atoms. The van der Waals surface area contributed by atoms with Crippen molar-refractivity contribution in [3.8, 4) is 5.88 Å². The van der Waals surface area contributed by atoms with Crippen LogP contribution in [0.15, 0.2) is 0 Å². The predicted molar refractivity (Wildman–Crippen MR) is 50.6 cm³/mol. The number of rotatable bonds is 2. The van der Waals surface area contributed by atoms with Gasteiger partial charge in [-0.05, 0) is 24.4 Å². The Balaban J connectivity index is 2.47. The van der Waals surface area contributed by atoms with Crippen LogP contribution in [0.4, 0.5) is 0 Å². The number of ether oxygens (including phenoxy) is 1. The lowest BCUT2D eigenvalue weighted by molar-refractivity contribution is 0.396. The number of methoxy groups -OCH3 is 1. The molecule has 0 atom stereocenters. The summed E-state index contributed by atoms with van der Waals surface area (Å²) in [6, 6.07) is 0. The first-order valence-corrected chi connectivity index (χ1v) is 4.75. The molecule has 0 amide bonds. The molecule has 5 heteroatoms. The van der Waals surface area contributed by atoms with Gasteiger partial charge >= 0.3 is 0 Å². The molecule has 13 heavy (non-hydrogen) atoms. The fourth-order valence-electron chi connectivity index (χ4n) is 1.18. The Bertz CT molecular complexity index is 339. The van der Waals surface area contributed by atoms with Crippen molar-refractivity contribution in [2.24, 2.45) is 0 Å². The third kappa shape index (κ3) is 1.71. The van der Waals surface area contributed by atoms with Gasteiger partial charge in [0.15, 0.2) is 0 Å². The molecular formula is C8H8Cl2N2O. The average molecular weight is 219 g/mol. The van der Waals surface area contributed by atoms with Gasteiger partial charge in [-0.1, -0.05) is 11.6 Å². The highest BCUT2D eigenvalue weighted by molar-refractivity contribution is 6.33. The third-order valence-corrected chi connectivity index (χ3v) is 2.50. The largest absolute Gasteiger partial charge is 0.480 e. The van der Waals surface area contributed by atoms with Crippen molar-refractivity contribution in [1.29, 1.82) is 0 Å². The Morgan fingerprint density at radius 3 is 2.54 bits per heavy atom. The molecule has 1 heterocycles. The Hall–Kier alpha value is -0.540. The molecule has 1 aromatic rings. The van der Waals surface area contributed by atoms with Crippen LogP contribution in [0.2, 0.25) is 10.3 Å². The van der Waals surface area contributed by atoms with E-state index >= 15 is 0 Å². The Morgan fingerprint density at radius 2 is 2.00 bits per heavy atom. The summed E-state index contributed by atoms with van der Waals surface area (Å²) in [5.41, 5.74) is 0.818. The molecule has 70 valence electrons. The van der Waals surface area contributed by atoms with Gasteiger partial charge in [-0.3, -0.25) is 0 Å². The van der Waals surface area contributed by atoms with Gasteiger partial charge in [-0.25, -0.2) is 4.98 Å². The van der Waals surface area contributed by atoms with Gasteiger partial charge in [0.1, 0.15) is 5.02 Å². The van der Waals surface area contributed by atoms with E-state index in [9.17, 15) is 0 Å². The first-order valence-electron chi connectivity index (χ1n) is 3.99. The predicted octanol–water partition coefficient (Wildman–Crippen LogP) is 2.67. The normalized spacial score (nSPS) is 15.9. The molecule has 0 radical (unpaired) electrons. The van der Waals surface area contributed by atoms with E-state index in [-0.39, 0.29) is 5.28 Å². The van der Waals surface area contributed by atoms with Crippen LogP contribution < -0.4 is 4.74 Å². The fraction of sp³-hybridized carbons (Fsp3) is 0.500. The zero-order valence-electron chi connectivity index (χ0n) is 7.05. The number of aromatic nitrogens is 2. The lowest BCUT2D eigenvalue weighted by Crippen LogP contribution is -1.97. The maximum atomic E-state index is 6.01. The van der Waals surface area contributed by atoms with Gasteiger partial charge in [0.05, 0.1) is 12.8 Å². The van der Waals surface area contributed by atoms with Crippen molar-refractivity contribution in [2.45, 2.75) is 18.8 Å². The van der Waals surface area contributed by atoms with Crippen LogP contribution in [0.1, 0.15) is 24.5 Å². The topological polar surface area (TPSA) is 35.0 Å². The maximum absolute atomic E-state index is 6.01. The summed E-state index contributed by atoms with van der Waals surface area (Å²) >= 11 is 11.7. The maximum Gasteiger partial charge on any atom is 0.237 e. The van der Waals surface area contributed by atoms with E-state index in [1.807, 2.05) is 0 Å². The Kier molecular flexibility index (Phi) is 2.30. The summed E-state index contributed by atoms with van der Waals surface area (Å²) in [5, 5.41) is 0.692. The standard InChI is InChI=1S/C8H8Cl2N2O/c1-13-7-5(9)6(4-2-3-4)11-8(10)12-7/h4H,2-3H2,1H3.